The van der Waals surface area contributed by atoms with E-state index in [1.807, 2.05) is 34.9 Å². The van der Waals surface area contributed by atoms with Crippen LogP contribution >= 0.6 is 0 Å². The average molecular weight is 363 g/mol. The van der Waals surface area contributed by atoms with Crippen LogP contribution in [0.15, 0.2) is 79.1 Å². The van der Waals surface area contributed by atoms with Crippen LogP contribution in [-0.4, -0.2) is 15.3 Å². The second-order valence-electron chi connectivity index (χ2n) is 6.00. The average Bonchev–Trinajstić information content (AvgIpc) is 3.09. The Labute approximate surface area is 154 Å². The number of pyridine rings is 1. The van der Waals surface area contributed by atoms with Crippen molar-refractivity contribution in [1.29, 1.82) is 0 Å². The molecule has 1 amide bonds. The fraction of sp³-hybridized carbons (Fsp3) is 0.0476. The number of benzene rings is 2. The maximum atomic E-state index is 14.2. The predicted octanol–water partition coefficient (Wildman–Crippen LogP) is 4.46. The molecule has 2 heterocycles. The van der Waals surface area contributed by atoms with E-state index in [2.05, 4.69) is 4.98 Å². The third kappa shape index (κ3) is 3.17. The predicted molar refractivity (Wildman–Crippen MR) is 98.5 cm³/mol. The SMILES string of the molecule is O=C(c1c(F)cccc1F)N(Cc1cnc2ccccn12)c1ccccc1. The molecule has 134 valence electrons. The van der Waals surface area contributed by atoms with Crippen LogP contribution in [0.3, 0.4) is 0 Å². The summed E-state index contributed by atoms with van der Waals surface area (Å²) < 4.78 is 30.2. The molecule has 0 N–H and O–H groups in total. The Kier molecular flexibility index (Phi) is 4.38. The van der Waals surface area contributed by atoms with Crippen LogP contribution in [0.5, 0.6) is 0 Å². The van der Waals surface area contributed by atoms with E-state index in [1.54, 1.807) is 30.5 Å². The molecule has 0 aliphatic rings. The maximum absolute atomic E-state index is 14.2. The molecular weight excluding hydrogens is 348 g/mol. The molecule has 0 aliphatic carbocycles. The highest BCUT2D eigenvalue weighted by Crippen LogP contribution is 2.23. The van der Waals surface area contributed by atoms with Crippen LogP contribution in [0.4, 0.5) is 14.5 Å². The Morgan fingerprint density at radius 2 is 1.63 bits per heavy atom. The van der Waals surface area contributed by atoms with Gasteiger partial charge in [0.05, 0.1) is 18.4 Å². The molecule has 0 aliphatic heterocycles. The summed E-state index contributed by atoms with van der Waals surface area (Å²) in [6.45, 7) is 0.113. The quantitative estimate of drug-likeness (QED) is 0.537. The zero-order valence-corrected chi connectivity index (χ0v) is 14.2. The summed E-state index contributed by atoms with van der Waals surface area (Å²) in [6, 6.07) is 17.7. The minimum absolute atomic E-state index is 0.113. The van der Waals surface area contributed by atoms with E-state index < -0.39 is 23.1 Å². The van der Waals surface area contributed by atoms with E-state index in [-0.39, 0.29) is 6.54 Å². The van der Waals surface area contributed by atoms with Crippen LogP contribution in [-0.2, 0) is 6.54 Å². The molecule has 0 spiro atoms. The van der Waals surface area contributed by atoms with Gasteiger partial charge in [-0.05, 0) is 36.4 Å². The molecule has 4 aromatic rings. The van der Waals surface area contributed by atoms with Gasteiger partial charge < -0.3 is 9.30 Å². The zero-order chi connectivity index (χ0) is 18.8. The first-order chi connectivity index (χ1) is 13.1. The highest BCUT2D eigenvalue weighted by molar-refractivity contribution is 6.06. The number of fused-ring (bicyclic) bond motifs is 1. The van der Waals surface area contributed by atoms with E-state index in [9.17, 15) is 13.6 Å². The Hall–Kier alpha value is -3.54. The standard InChI is InChI=1S/C21H15F2N3O/c22-17-9-6-10-18(23)20(17)21(27)26(15-7-2-1-3-8-15)14-16-13-24-19-11-4-5-12-25(16)19/h1-13H,14H2. The number of rotatable bonds is 4. The van der Waals surface area contributed by atoms with E-state index in [4.69, 9.17) is 0 Å². The molecule has 6 heteroatoms. The van der Waals surface area contributed by atoms with Gasteiger partial charge in [-0.1, -0.05) is 30.3 Å². The lowest BCUT2D eigenvalue weighted by Gasteiger charge is -2.23. The second kappa shape index (κ2) is 6.99. The van der Waals surface area contributed by atoms with Gasteiger partial charge in [0.1, 0.15) is 22.8 Å². The molecule has 0 radical (unpaired) electrons. The number of para-hydroxylation sites is 1. The van der Waals surface area contributed by atoms with Gasteiger partial charge in [0.2, 0.25) is 0 Å². The van der Waals surface area contributed by atoms with Gasteiger partial charge in [0.15, 0.2) is 0 Å². The molecule has 0 fully saturated rings. The smallest absolute Gasteiger partial charge is 0.264 e. The summed E-state index contributed by atoms with van der Waals surface area (Å²) in [4.78, 5) is 18.7. The normalized spacial score (nSPS) is 10.9. The number of aromatic nitrogens is 2. The van der Waals surface area contributed by atoms with Crippen molar-refractivity contribution in [2.24, 2.45) is 0 Å². The number of carbonyl (C=O) groups excluding carboxylic acids is 1. The Bertz CT molecular complexity index is 1090. The van der Waals surface area contributed by atoms with E-state index in [0.717, 1.165) is 23.5 Å². The monoisotopic (exact) mass is 363 g/mol. The van der Waals surface area contributed by atoms with Crippen LogP contribution in [0, 0.1) is 11.6 Å². The number of carbonyl (C=O) groups is 1. The molecule has 4 rings (SSSR count). The minimum Gasteiger partial charge on any atom is -0.302 e. The van der Waals surface area contributed by atoms with Gasteiger partial charge in [0, 0.05) is 11.9 Å². The topological polar surface area (TPSA) is 37.6 Å². The fourth-order valence-electron chi connectivity index (χ4n) is 2.99. The minimum atomic E-state index is -0.890. The van der Waals surface area contributed by atoms with Crippen LogP contribution in [0.2, 0.25) is 0 Å². The van der Waals surface area contributed by atoms with Crippen molar-refractivity contribution in [1.82, 2.24) is 9.38 Å². The summed E-state index contributed by atoms with van der Waals surface area (Å²) in [5, 5.41) is 0. The molecule has 0 saturated carbocycles. The number of halogens is 2. The van der Waals surface area contributed by atoms with E-state index >= 15 is 0 Å². The summed E-state index contributed by atoms with van der Waals surface area (Å²) in [6.07, 6.45) is 3.48. The van der Waals surface area contributed by atoms with Gasteiger partial charge in [-0.3, -0.25) is 4.79 Å². The highest BCUT2D eigenvalue weighted by atomic mass is 19.1. The molecule has 0 saturated heterocycles. The number of hydrogen-bond donors (Lipinski definition) is 0. The Balaban J connectivity index is 1.79. The molecular formula is C21H15F2N3O. The van der Waals surface area contributed by atoms with Crippen molar-refractivity contribution in [2.75, 3.05) is 4.90 Å². The summed E-state index contributed by atoms with van der Waals surface area (Å²) >= 11 is 0. The van der Waals surface area contributed by atoms with Crippen molar-refractivity contribution >= 4 is 17.2 Å². The summed E-state index contributed by atoms with van der Waals surface area (Å²) in [7, 11) is 0. The van der Waals surface area contributed by atoms with Crippen molar-refractivity contribution in [3.8, 4) is 0 Å². The van der Waals surface area contributed by atoms with Gasteiger partial charge in [-0.25, -0.2) is 13.8 Å². The molecule has 0 atom stereocenters. The summed E-state index contributed by atoms with van der Waals surface area (Å²) in [5.41, 5.74) is 1.41. The van der Waals surface area contributed by atoms with Crippen molar-refractivity contribution < 1.29 is 13.6 Å². The first-order valence-electron chi connectivity index (χ1n) is 8.37. The first kappa shape index (κ1) is 16.9. The lowest BCUT2D eigenvalue weighted by Crippen LogP contribution is -2.32. The number of nitrogens with zero attached hydrogens (tertiary/aromatic N) is 3. The molecule has 2 aromatic carbocycles. The van der Waals surface area contributed by atoms with Gasteiger partial charge in [0.25, 0.3) is 5.91 Å². The summed E-state index contributed by atoms with van der Waals surface area (Å²) in [5.74, 6) is -2.53. The third-order valence-electron chi connectivity index (χ3n) is 4.30. The molecule has 0 bridgehead atoms. The largest absolute Gasteiger partial charge is 0.302 e. The van der Waals surface area contributed by atoms with Crippen molar-refractivity contribution in [2.45, 2.75) is 6.54 Å². The number of hydrogen-bond acceptors (Lipinski definition) is 2. The Morgan fingerprint density at radius 1 is 0.926 bits per heavy atom. The first-order valence-corrected chi connectivity index (χ1v) is 8.37. The second-order valence-corrected chi connectivity index (χ2v) is 6.00. The molecule has 2 aromatic heterocycles. The van der Waals surface area contributed by atoms with Crippen molar-refractivity contribution in [3.63, 3.8) is 0 Å². The number of amides is 1. The van der Waals surface area contributed by atoms with Gasteiger partial charge in [-0.2, -0.15) is 0 Å². The molecule has 4 nitrogen and oxygen atoms in total. The van der Waals surface area contributed by atoms with Gasteiger partial charge in [-0.15, -0.1) is 0 Å². The van der Waals surface area contributed by atoms with Crippen LogP contribution in [0.25, 0.3) is 5.65 Å². The highest BCUT2D eigenvalue weighted by Gasteiger charge is 2.25. The fourth-order valence-corrected chi connectivity index (χ4v) is 2.99. The number of anilines is 1. The van der Waals surface area contributed by atoms with Crippen molar-refractivity contribution in [3.05, 3.63) is 102 Å². The number of imidazole rings is 1. The maximum Gasteiger partial charge on any atom is 0.264 e. The molecule has 27 heavy (non-hydrogen) atoms. The lowest BCUT2D eigenvalue weighted by molar-refractivity contribution is 0.0976. The third-order valence-corrected chi connectivity index (χ3v) is 4.30. The van der Waals surface area contributed by atoms with E-state index in [1.165, 1.54) is 11.0 Å². The molecule has 0 unspecified atom stereocenters. The Morgan fingerprint density at radius 3 is 2.37 bits per heavy atom. The van der Waals surface area contributed by atoms with E-state index in [0.29, 0.717) is 5.69 Å². The van der Waals surface area contributed by atoms with Crippen LogP contribution in [0.1, 0.15) is 16.1 Å². The van der Waals surface area contributed by atoms with Crippen LogP contribution < -0.4 is 4.90 Å². The lowest BCUT2D eigenvalue weighted by atomic mass is 10.1. The van der Waals surface area contributed by atoms with Gasteiger partial charge >= 0.3 is 0 Å². The zero-order valence-electron chi connectivity index (χ0n) is 14.2.